The highest BCUT2D eigenvalue weighted by Crippen LogP contribution is 2.41. The van der Waals surface area contributed by atoms with Crippen LogP contribution in [0.25, 0.3) is 10.9 Å². The van der Waals surface area contributed by atoms with Gasteiger partial charge < -0.3 is 19.3 Å². The molecule has 4 heterocycles. The van der Waals surface area contributed by atoms with Crippen molar-refractivity contribution in [1.29, 1.82) is 0 Å². The molecule has 3 aliphatic heterocycles. The first-order chi connectivity index (χ1) is 17.9. The zero-order valence-electron chi connectivity index (χ0n) is 22.1. The third-order valence-electron chi connectivity index (χ3n) is 7.71. The van der Waals surface area contributed by atoms with E-state index in [2.05, 4.69) is 30.8 Å². The van der Waals surface area contributed by atoms with E-state index in [9.17, 15) is 9.18 Å². The van der Waals surface area contributed by atoms with Crippen LogP contribution in [0.1, 0.15) is 46.5 Å². The molecule has 208 valence electrons. The predicted octanol–water partition coefficient (Wildman–Crippen LogP) is 5.59. The van der Waals surface area contributed by atoms with Gasteiger partial charge in [-0.25, -0.2) is 13.6 Å². The van der Waals surface area contributed by atoms with Crippen LogP contribution in [-0.2, 0) is 4.74 Å². The van der Waals surface area contributed by atoms with E-state index in [0.29, 0.717) is 43.7 Å². The zero-order valence-corrected chi connectivity index (χ0v) is 24.4. The number of carbonyl (C=O) groups is 1. The lowest BCUT2D eigenvalue weighted by Crippen LogP contribution is -2.43. The number of nitrogens with zero attached hydrogens (tertiary/aromatic N) is 5. The van der Waals surface area contributed by atoms with Gasteiger partial charge in [0.25, 0.3) is 0 Å². The van der Waals surface area contributed by atoms with Crippen molar-refractivity contribution in [3.63, 3.8) is 0 Å². The summed E-state index contributed by atoms with van der Waals surface area (Å²) in [5.41, 5.74) is -0.901. The van der Waals surface area contributed by atoms with Crippen LogP contribution < -0.4 is 9.64 Å². The molecule has 1 amide bonds. The summed E-state index contributed by atoms with van der Waals surface area (Å²) in [7, 11) is 1.85. The Morgan fingerprint density at radius 2 is 2.08 bits per heavy atom. The molecule has 0 aliphatic carbocycles. The van der Waals surface area contributed by atoms with Gasteiger partial charge in [0.2, 0.25) is 0 Å². The molecule has 3 aliphatic rings. The van der Waals surface area contributed by atoms with E-state index in [4.69, 9.17) is 21.1 Å². The Hall–Kier alpha value is -1.98. The van der Waals surface area contributed by atoms with Crippen LogP contribution in [0.2, 0.25) is 5.02 Å². The molecule has 0 bridgehead atoms. The summed E-state index contributed by atoms with van der Waals surface area (Å²) in [5.74, 6) is -0.161. The van der Waals surface area contributed by atoms with E-state index in [-0.39, 0.29) is 45.3 Å². The van der Waals surface area contributed by atoms with Crippen molar-refractivity contribution >= 4 is 50.3 Å². The highest BCUT2D eigenvalue weighted by molar-refractivity contribution is 9.10. The first-order valence-electron chi connectivity index (χ1n) is 12.9. The van der Waals surface area contributed by atoms with Crippen LogP contribution >= 0.6 is 27.5 Å². The van der Waals surface area contributed by atoms with Crippen molar-refractivity contribution in [2.75, 3.05) is 44.7 Å². The van der Waals surface area contributed by atoms with E-state index < -0.39 is 17.6 Å². The van der Waals surface area contributed by atoms with Crippen molar-refractivity contribution in [2.24, 2.45) is 0 Å². The Balaban J connectivity index is 1.44. The molecule has 0 saturated carbocycles. The standard InChI is InChI=1S/C26H33BrClF2N5O3/c1-25(2,3)38-24(36)34-9-6-16(13-34)33(4)22-17-10-18(28)19(27)20(30)21(17)31-23(32-22)37-14-26-7-5-8-35(26)12-15(29)11-26/h10,15-16H,5-9,11-14H2,1-4H3/t15-,16-,26+/m1/s1. The quantitative estimate of drug-likeness (QED) is 0.406. The summed E-state index contributed by atoms with van der Waals surface area (Å²) in [6.07, 6.45) is 1.66. The number of ether oxygens (including phenoxy) is 2. The maximum absolute atomic E-state index is 15.4. The number of alkyl halides is 1. The Morgan fingerprint density at radius 3 is 2.82 bits per heavy atom. The molecule has 3 fully saturated rings. The smallest absolute Gasteiger partial charge is 0.410 e. The molecule has 2 aromatic rings. The molecule has 38 heavy (non-hydrogen) atoms. The number of benzene rings is 1. The summed E-state index contributed by atoms with van der Waals surface area (Å²) in [4.78, 5) is 27.4. The molecule has 3 saturated heterocycles. The maximum atomic E-state index is 15.4. The SMILES string of the molecule is CN(c1nc(OC[C@@]23CCCN2C[C@H](F)C3)nc2c(F)c(Br)c(Cl)cc12)[C@@H]1CCN(C(=O)OC(C)(C)C)C1. The molecule has 0 spiro atoms. The molecule has 1 aromatic heterocycles. The Bertz CT molecular complexity index is 1250. The third kappa shape index (κ3) is 5.25. The summed E-state index contributed by atoms with van der Waals surface area (Å²) < 4.78 is 41.3. The van der Waals surface area contributed by atoms with E-state index in [0.717, 1.165) is 19.4 Å². The highest BCUT2D eigenvalue weighted by atomic mass is 79.9. The second kappa shape index (κ2) is 10.2. The molecule has 8 nitrogen and oxygen atoms in total. The molecule has 0 radical (unpaired) electrons. The van der Waals surface area contributed by atoms with Gasteiger partial charge in [0, 0.05) is 44.5 Å². The zero-order chi connectivity index (χ0) is 27.4. The highest BCUT2D eigenvalue weighted by Gasteiger charge is 2.49. The molecule has 1 aromatic carbocycles. The summed E-state index contributed by atoms with van der Waals surface area (Å²) in [6.45, 7) is 7.93. The average molecular weight is 617 g/mol. The lowest BCUT2D eigenvalue weighted by atomic mass is 9.95. The van der Waals surface area contributed by atoms with E-state index in [1.165, 1.54) is 0 Å². The van der Waals surface area contributed by atoms with Gasteiger partial charge in [0.15, 0.2) is 5.82 Å². The summed E-state index contributed by atoms with van der Waals surface area (Å²) in [6, 6.07) is 1.56. The van der Waals surface area contributed by atoms with E-state index in [1.54, 1.807) is 11.0 Å². The Kier molecular flexibility index (Phi) is 7.41. The molecule has 0 N–H and O–H groups in total. The van der Waals surface area contributed by atoms with E-state index >= 15 is 4.39 Å². The minimum absolute atomic E-state index is 0.0259. The first-order valence-corrected chi connectivity index (χ1v) is 14.1. The van der Waals surface area contributed by atoms with Crippen molar-refractivity contribution in [2.45, 2.75) is 69.8 Å². The fourth-order valence-electron chi connectivity index (χ4n) is 5.84. The number of carbonyl (C=O) groups excluding carboxylic acids is 1. The lowest BCUT2D eigenvalue weighted by molar-refractivity contribution is 0.0292. The topological polar surface area (TPSA) is 71.0 Å². The van der Waals surface area contributed by atoms with Gasteiger partial charge in [-0.15, -0.1) is 0 Å². The molecular weight excluding hydrogens is 584 g/mol. The lowest BCUT2D eigenvalue weighted by Gasteiger charge is -2.31. The first kappa shape index (κ1) is 27.6. The number of likely N-dealkylation sites (tertiary alicyclic amines) is 1. The minimum atomic E-state index is -0.885. The number of hydrogen-bond donors (Lipinski definition) is 0. The summed E-state index contributed by atoms with van der Waals surface area (Å²) >= 11 is 9.52. The maximum Gasteiger partial charge on any atom is 0.410 e. The third-order valence-corrected chi connectivity index (χ3v) is 9.02. The predicted molar refractivity (Wildman–Crippen MR) is 145 cm³/mol. The van der Waals surface area contributed by atoms with Crippen molar-refractivity contribution in [3.05, 3.63) is 21.4 Å². The van der Waals surface area contributed by atoms with Gasteiger partial charge in [-0.1, -0.05) is 11.6 Å². The largest absolute Gasteiger partial charge is 0.461 e. The van der Waals surface area contributed by atoms with Crippen molar-refractivity contribution in [3.8, 4) is 6.01 Å². The van der Waals surface area contributed by atoms with Gasteiger partial charge >= 0.3 is 12.1 Å². The van der Waals surface area contributed by atoms with Crippen LogP contribution in [0, 0.1) is 5.82 Å². The van der Waals surface area contributed by atoms with E-state index in [1.807, 2.05) is 32.7 Å². The number of amides is 1. The average Bonchev–Trinajstić information content (AvgIpc) is 3.54. The molecule has 0 unspecified atom stereocenters. The van der Waals surface area contributed by atoms with Gasteiger partial charge in [-0.05, 0) is 68.6 Å². The number of aromatic nitrogens is 2. The molecule has 5 rings (SSSR count). The van der Waals surface area contributed by atoms with Crippen molar-refractivity contribution < 1.29 is 23.0 Å². The van der Waals surface area contributed by atoms with Crippen LogP contribution in [0.15, 0.2) is 10.5 Å². The van der Waals surface area contributed by atoms with Gasteiger partial charge in [0.1, 0.15) is 29.7 Å². The number of hydrogen-bond acceptors (Lipinski definition) is 7. The van der Waals surface area contributed by atoms with Crippen molar-refractivity contribution in [1.82, 2.24) is 19.8 Å². The Morgan fingerprint density at radius 1 is 1.32 bits per heavy atom. The van der Waals surface area contributed by atoms with Gasteiger partial charge in [0.05, 0.1) is 15.0 Å². The number of rotatable bonds is 5. The van der Waals surface area contributed by atoms with Crippen LogP contribution in [-0.4, -0.2) is 89.0 Å². The molecule has 3 atom stereocenters. The van der Waals surface area contributed by atoms with Crippen LogP contribution in [0.4, 0.5) is 19.4 Å². The second-order valence-corrected chi connectivity index (χ2v) is 12.8. The normalized spacial score (nSPS) is 25.7. The minimum Gasteiger partial charge on any atom is -0.461 e. The number of halogens is 4. The van der Waals surface area contributed by atoms with Crippen LogP contribution in [0.3, 0.4) is 0 Å². The second-order valence-electron chi connectivity index (χ2n) is 11.6. The van der Waals surface area contributed by atoms with Gasteiger partial charge in [-0.3, -0.25) is 4.90 Å². The number of fused-ring (bicyclic) bond motifs is 2. The molecular formula is C26H33BrClF2N5O3. The van der Waals surface area contributed by atoms with Crippen LogP contribution in [0.5, 0.6) is 6.01 Å². The Labute approximate surface area is 234 Å². The van der Waals surface area contributed by atoms with Gasteiger partial charge in [-0.2, -0.15) is 9.97 Å². The monoisotopic (exact) mass is 615 g/mol. The number of anilines is 1. The fourth-order valence-corrected chi connectivity index (χ4v) is 6.34. The fraction of sp³-hybridized carbons (Fsp3) is 0.654. The number of likely N-dealkylation sites (N-methyl/N-ethyl adjacent to an activating group) is 1. The molecule has 12 heteroatoms. The summed E-state index contributed by atoms with van der Waals surface area (Å²) in [5, 5.41) is 0.635.